The van der Waals surface area contributed by atoms with Crippen molar-refractivity contribution in [2.24, 2.45) is 0 Å². The highest BCUT2D eigenvalue weighted by molar-refractivity contribution is 5.96. The molecule has 0 spiro atoms. The van der Waals surface area contributed by atoms with Crippen molar-refractivity contribution in [1.82, 2.24) is 10.1 Å². The van der Waals surface area contributed by atoms with Crippen LogP contribution in [0.1, 0.15) is 36.0 Å². The summed E-state index contributed by atoms with van der Waals surface area (Å²) in [5.74, 6) is 0.404. The lowest BCUT2D eigenvalue weighted by Crippen LogP contribution is -2.38. The van der Waals surface area contributed by atoms with E-state index < -0.39 is 0 Å². The molecule has 1 saturated heterocycles. The molecule has 0 aliphatic carbocycles. The van der Waals surface area contributed by atoms with Crippen LogP contribution in [0, 0.1) is 13.8 Å². The van der Waals surface area contributed by atoms with Crippen LogP contribution in [-0.2, 0) is 4.74 Å². The molecule has 1 aliphatic rings. The minimum atomic E-state index is -0.0875. The number of aromatic nitrogens is 1. The molecule has 1 unspecified atom stereocenters. The van der Waals surface area contributed by atoms with Gasteiger partial charge in [-0.05, 0) is 26.7 Å². The summed E-state index contributed by atoms with van der Waals surface area (Å²) in [7, 11) is 1.64. The number of hydrogen-bond acceptors (Lipinski definition) is 4. The Hall–Kier alpha value is -1.36. The molecule has 1 aliphatic heterocycles. The van der Waals surface area contributed by atoms with E-state index in [4.69, 9.17) is 10.6 Å². The predicted octanol–water partition coefficient (Wildman–Crippen LogP) is 1.54. The Morgan fingerprint density at radius 3 is 3.29 bits per heavy atom. The maximum absolute atomic E-state index is 12.5. The number of ether oxygens (including phenoxy) is 1. The second kappa shape index (κ2) is 4.87. The van der Waals surface area contributed by atoms with Crippen molar-refractivity contribution >= 4 is 5.91 Å². The highest BCUT2D eigenvalue weighted by atomic mass is 16.5. The second-order valence-corrected chi connectivity index (χ2v) is 4.31. The molecule has 17 heavy (non-hydrogen) atoms. The van der Waals surface area contributed by atoms with E-state index in [1.165, 1.54) is 0 Å². The molecule has 94 valence electrons. The number of likely N-dealkylation sites (tertiary alicyclic amines) is 1. The van der Waals surface area contributed by atoms with E-state index in [1.807, 2.05) is 4.90 Å². The molecular weight excluding hydrogens is 220 g/mol. The van der Waals surface area contributed by atoms with Gasteiger partial charge in [-0.1, -0.05) is 5.16 Å². The first-order chi connectivity index (χ1) is 8.69. The van der Waals surface area contributed by atoms with Crippen LogP contribution in [0.25, 0.3) is 0 Å². The fourth-order valence-electron chi connectivity index (χ4n) is 2.30. The Balaban J connectivity index is 2.22. The Morgan fingerprint density at radius 2 is 2.59 bits per heavy atom. The lowest BCUT2D eigenvalue weighted by atomic mass is 10.1. The maximum Gasteiger partial charge on any atom is 0.259 e. The van der Waals surface area contributed by atoms with Gasteiger partial charge in [-0.2, -0.15) is 0 Å². The van der Waals surface area contributed by atoms with Gasteiger partial charge in [0.1, 0.15) is 11.3 Å². The van der Waals surface area contributed by atoms with E-state index in [2.05, 4.69) is 5.16 Å². The summed E-state index contributed by atoms with van der Waals surface area (Å²) < 4.78 is 17.5. The van der Waals surface area contributed by atoms with Gasteiger partial charge in [0.05, 0.1) is 18.3 Å². The van der Waals surface area contributed by atoms with E-state index in [0.29, 0.717) is 23.6 Å². The highest BCUT2D eigenvalue weighted by Gasteiger charge is 2.32. The molecule has 1 amide bonds. The summed E-state index contributed by atoms with van der Waals surface area (Å²) >= 11 is 0. The van der Waals surface area contributed by atoms with Crippen molar-refractivity contribution in [1.29, 1.82) is 0 Å². The van der Waals surface area contributed by atoms with Crippen molar-refractivity contribution < 1.29 is 15.4 Å². The quantitative estimate of drug-likeness (QED) is 0.803. The van der Waals surface area contributed by atoms with Gasteiger partial charge in [-0.25, -0.2) is 0 Å². The molecule has 1 atom stereocenters. The molecule has 2 heterocycles. The number of carbonyl (C=O) groups excluding carboxylic acids is 1. The van der Waals surface area contributed by atoms with Crippen molar-refractivity contribution in [3.63, 3.8) is 0 Å². The van der Waals surface area contributed by atoms with Crippen LogP contribution in [0.15, 0.2) is 4.52 Å². The van der Waals surface area contributed by atoms with E-state index in [9.17, 15) is 4.79 Å². The lowest BCUT2D eigenvalue weighted by Gasteiger charge is -2.23. The molecule has 0 aromatic carbocycles. The molecular formula is C12H18N2O3. The molecule has 5 nitrogen and oxygen atoms in total. The van der Waals surface area contributed by atoms with Crippen LogP contribution in [-0.4, -0.2) is 42.3 Å². The van der Waals surface area contributed by atoms with Gasteiger partial charge < -0.3 is 14.2 Å². The van der Waals surface area contributed by atoms with Gasteiger partial charge >= 0.3 is 0 Å². The number of hydrogen-bond donors (Lipinski definition) is 0. The number of methoxy groups -OCH3 is 1. The number of nitrogens with zero attached hydrogens (tertiary/aromatic N) is 2. The van der Waals surface area contributed by atoms with E-state index in [1.54, 1.807) is 14.0 Å². The Morgan fingerprint density at radius 1 is 1.76 bits per heavy atom. The van der Waals surface area contributed by atoms with Crippen LogP contribution in [0.5, 0.6) is 0 Å². The van der Waals surface area contributed by atoms with Crippen LogP contribution < -0.4 is 0 Å². The van der Waals surface area contributed by atoms with Gasteiger partial charge in [0.15, 0.2) is 0 Å². The number of aryl methyl sites for hydroxylation is 2. The van der Waals surface area contributed by atoms with Gasteiger partial charge in [0.2, 0.25) is 0 Å². The summed E-state index contributed by atoms with van der Waals surface area (Å²) in [4.78, 5) is 14.3. The zero-order valence-corrected chi connectivity index (χ0v) is 10.2. The molecule has 0 bridgehead atoms. The molecule has 0 N–H and O–H groups in total. The standard InChI is InChI=1S/C12H18N2O3/c1-8-11(9(2)17-13-8)12(15)14-6-4-5-10(14)7-16-3/h10H,4-7H2,1-3H3/i1D. The fourth-order valence-corrected chi connectivity index (χ4v) is 2.30. The molecule has 0 radical (unpaired) electrons. The molecule has 0 saturated carbocycles. The van der Waals surface area contributed by atoms with Crippen LogP contribution in [0.4, 0.5) is 0 Å². The van der Waals surface area contributed by atoms with E-state index in [0.717, 1.165) is 19.4 Å². The fraction of sp³-hybridized carbons (Fsp3) is 0.667. The summed E-state index contributed by atoms with van der Waals surface area (Å²) in [6.07, 6.45) is 1.94. The topological polar surface area (TPSA) is 55.6 Å². The minimum Gasteiger partial charge on any atom is -0.383 e. The van der Waals surface area contributed by atoms with Crippen molar-refractivity contribution in [3.05, 3.63) is 17.0 Å². The third kappa shape index (κ3) is 2.20. The zero-order chi connectivity index (χ0) is 13.1. The number of carbonyl (C=O) groups is 1. The summed E-state index contributed by atoms with van der Waals surface area (Å²) in [6, 6.07) is 0.121. The number of amides is 1. The average Bonchev–Trinajstić information content (AvgIpc) is 2.95. The molecule has 2 rings (SSSR count). The summed E-state index contributed by atoms with van der Waals surface area (Å²) in [5.41, 5.74) is 0.869. The third-order valence-electron chi connectivity index (χ3n) is 3.14. The molecule has 1 aromatic heterocycles. The van der Waals surface area contributed by atoms with Crippen molar-refractivity contribution in [3.8, 4) is 0 Å². The normalized spacial score (nSPS) is 20.7. The Kier molecular flexibility index (Phi) is 3.09. The number of rotatable bonds is 3. The minimum absolute atomic E-state index is 0.0405. The smallest absolute Gasteiger partial charge is 0.259 e. The van der Waals surface area contributed by atoms with E-state index in [-0.39, 0.29) is 18.8 Å². The van der Waals surface area contributed by atoms with Crippen LogP contribution >= 0.6 is 0 Å². The second-order valence-electron chi connectivity index (χ2n) is 4.31. The predicted molar refractivity (Wildman–Crippen MR) is 61.9 cm³/mol. The zero-order valence-electron chi connectivity index (χ0n) is 11.2. The van der Waals surface area contributed by atoms with Gasteiger partial charge in [0, 0.05) is 15.0 Å². The van der Waals surface area contributed by atoms with Gasteiger partial charge in [-0.3, -0.25) is 4.79 Å². The summed E-state index contributed by atoms with van der Waals surface area (Å²) in [5, 5.41) is 3.76. The first-order valence-electron chi connectivity index (χ1n) is 6.44. The molecule has 5 heteroatoms. The van der Waals surface area contributed by atoms with E-state index >= 15 is 0 Å². The Labute approximate surface area is 102 Å². The summed E-state index contributed by atoms with van der Waals surface area (Å²) in [6.45, 7) is 2.95. The van der Waals surface area contributed by atoms with Crippen molar-refractivity contribution in [2.45, 2.75) is 32.7 Å². The third-order valence-corrected chi connectivity index (χ3v) is 3.14. The SMILES string of the molecule is [2H]Cc1noc(C)c1C(=O)N1CCCC1COC. The van der Waals surface area contributed by atoms with Gasteiger partial charge in [-0.15, -0.1) is 0 Å². The first kappa shape index (κ1) is 10.8. The van der Waals surface area contributed by atoms with Crippen LogP contribution in [0.3, 0.4) is 0 Å². The first-order valence-corrected chi connectivity index (χ1v) is 5.73. The Bertz CT molecular complexity index is 433. The van der Waals surface area contributed by atoms with Crippen LogP contribution in [0.2, 0.25) is 0 Å². The monoisotopic (exact) mass is 239 g/mol. The van der Waals surface area contributed by atoms with Crippen molar-refractivity contribution in [2.75, 3.05) is 20.3 Å². The maximum atomic E-state index is 12.5. The average molecular weight is 239 g/mol. The highest BCUT2D eigenvalue weighted by Crippen LogP contribution is 2.23. The lowest BCUT2D eigenvalue weighted by molar-refractivity contribution is 0.0628. The largest absolute Gasteiger partial charge is 0.383 e. The van der Waals surface area contributed by atoms with Gasteiger partial charge in [0.25, 0.3) is 5.91 Å². The molecule has 1 fully saturated rings. The molecule has 1 aromatic rings.